The average Bonchev–Trinajstić information content (AvgIpc) is 3.00. The van der Waals surface area contributed by atoms with Crippen molar-refractivity contribution in [1.82, 2.24) is 4.90 Å². The summed E-state index contributed by atoms with van der Waals surface area (Å²) in [7, 11) is 3.39. The normalized spacial score (nSPS) is 20.1. The van der Waals surface area contributed by atoms with Crippen LogP contribution in [0.15, 0.2) is 36.4 Å². The van der Waals surface area contributed by atoms with Gasteiger partial charge in [0.2, 0.25) is 0 Å². The van der Waals surface area contributed by atoms with Gasteiger partial charge in [0.15, 0.2) is 11.5 Å². The maximum absolute atomic E-state index is 6.32. The first kappa shape index (κ1) is 20.9. The van der Waals surface area contributed by atoms with Crippen LogP contribution in [0.3, 0.4) is 0 Å². The van der Waals surface area contributed by atoms with Crippen LogP contribution in [0.1, 0.15) is 55.1 Å². The smallest absolute Gasteiger partial charge is 0.160 e. The van der Waals surface area contributed by atoms with Gasteiger partial charge in [0.1, 0.15) is 5.75 Å². The summed E-state index contributed by atoms with van der Waals surface area (Å²) in [4.78, 5) is 2.61. The molecule has 0 spiro atoms. The second kappa shape index (κ2) is 9.61. The number of anilines is 1. The third kappa shape index (κ3) is 4.51. The SMILES string of the molecule is COc1ccc(C2CCN(CCC3CCCOc4cccc(N)c43)CC2)cc1OC. The van der Waals surface area contributed by atoms with Crippen molar-refractivity contribution >= 4 is 5.69 Å². The summed E-state index contributed by atoms with van der Waals surface area (Å²) in [5.41, 5.74) is 9.79. The summed E-state index contributed by atoms with van der Waals surface area (Å²) in [6.45, 7) is 4.19. The van der Waals surface area contributed by atoms with Crippen molar-refractivity contribution in [3.05, 3.63) is 47.5 Å². The van der Waals surface area contributed by atoms with E-state index in [0.717, 1.165) is 68.4 Å². The van der Waals surface area contributed by atoms with Crippen molar-refractivity contribution in [2.45, 2.75) is 43.9 Å². The van der Waals surface area contributed by atoms with Crippen LogP contribution in [0.5, 0.6) is 17.2 Å². The number of ether oxygens (including phenoxy) is 3. The molecule has 1 unspecified atom stereocenters. The minimum Gasteiger partial charge on any atom is -0.493 e. The van der Waals surface area contributed by atoms with Gasteiger partial charge in [-0.25, -0.2) is 0 Å². The van der Waals surface area contributed by atoms with E-state index >= 15 is 0 Å². The van der Waals surface area contributed by atoms with Gasteiger partial charge in [-0.3, -0.25) is 0 Å². The zero-order valence-electron chi connectivity index (χ0n) is 18.2. The zero-order chi connectivity index (χ0) is 20.9. The number of rotatable bonds is 6. The Morgan fingerprint density at radius 1 is 1.03 bits per heavy atom. The molecule has 1 atom stereocenters. The lowest BCUT2D eigenvalue weighted by Crippen LogP contribution is -2.34. The monoisotopic (exact) mass is 410 g/mol. The summed E-state index contributed by atoms with van der Waals surface area (Å²) < 4.78 is 16.8. The second-order valence-corrected chi connectivity index (χ2v) is 8.47. The number of nitrogens with two attached hydrogens (primary N) is 1. The predicted molar refractivity (Wildman–Crippen MR) is 121 cm³/mol. The molecule has 0 bridgehead atoms. The summed E-state index contributed by atoms with van der Waals surface area (Å²) >= 11 is 0. The first-order chi connectivity index (χ1) is 14.7. The number of likely N-dealkylation sites (tertiary alicyclic amines) is 1. The highest BCUT2D eigenvalue weighted by atomic mass is 16.5. The van der Waals surface area contributed by atoms with Crippen molar-refractivity contribution < 1.29 is 14.2 Å². The Bertz CT molecular complexity index is 846. The van der Waals surface area contributed by atoms with Crippen LogP contribution in [0.2, 0.25) is 0 Å². The van der Waals surface area contributed by atoms with Crippen molar-refractivity contribution in [3.8, 4) is 17.2 Å². The summed E-state index contributed by atoms with van der Waals surface area (Å²) in [5, 5.41) is 0. The molecule has 0 amide bonds. The molecule has 30 heavy (non-hydrogen) atoms. The molecular formula is C25H34N2O3. The lowest BCUT2D eigenvalue weighted by atomic mass is 9.87. The molecule has 2 aliphatic rings. The van der Waals surface area contributed by atoms with Crippen molar-refractivity contribution in [3.63, 3.8) is 0 Å². The van der Waals surface area contributed by atoms with Crippen LogP contribution in [0.4, 0.5) is 5.69 Å². The van der Waals surface area contributed by atoms with Crippen LogP contribution in [-0.2, 0) is 0 Å². The van der Waals surface area contributed by atoms with E-state index in [0.29, 0.717) is 11.8 Å². The van der Waals surface area contributed by atoms with Crippen LogP contribution in [0.25, 0.3) is 0 Å². The number of nitrogens with zero attached hydrogens (tertiary/aromatic N) is 1. The summed E-state index contributed by atoms with van der Waals surface area (Å²) in [5.74, 6) is 3.69. The molecule has 2 aromatic carbocycles. The Morgan fingerprint density at radius 3 is 2.60 bits per heavy atom. The number of methoxy groups -OCH3 is 2. The van der Waals surface area contributed by atoms with E-state index in [9.17, 15) is 0 Å². The van der Waals surface area contributed by atoms with Gasteiger partial charge in [0, 0.05) is 11.3 Å². The molecule has 5 heteroatoms. The van der Waals surface area contributed by atoms with Crippen molar-refractivity contribution in [1.29, 1.82) is 0 Å². The molecule has 0 aromatic heterocycles. The topological polar surface area (TPSA) is 57.0 Å². The van der Waals surface area contributed by atoms with E-state index < -0.39 is 0 Å². The molecule has 0 aliphatic carbocycles. The Hall–Kier alpha value is -2.40. The fourth-order valence-corrected chi connectivity index (χ4v) is 5.00. The summed E-state index contributed by atoms with van der Waals surface area (Å²) in [6, 6.07) is 12.4. The average molecular weight is 411 g/mol. The minimum absolute atomic E-state index is 0.493. The van der Waals surface area contributed by atoms with Crippen LogP contribution in [0, 0.1) is 0 Å². The maximum Gasteiger partial charge on any atom is 0.160 e. The molecule has 2 aromatic rings. The number of benzene rings is 2. The third-order valence-corrected chi connectivity index (χ3v) is 6.72. The Balaban J connectivity index is 1.34. The Kier molecular flexibility index (Phi) is 6.68. The molecule has 1 saturated heterocycles. The molecule has 0 radical (unpaired) electrons. The quantitative estimate of drug-likeness (QED) is 0.693. The highest BCUT2D eigenvalue weighted by Crippen LogP contribution is 2.40. The predicted octanol–water partition coefficient (Wildman–Crippen LogP) is 4.81. The highest BCUT2D eigenvalue weighted by Gasteiger charge is 2.25. The van der Waals surface area contributed by atoms with E-state index in [-0.39, 0.29) is 0 Å². The molecule has 2 heterocycles. The molecule has 0 saturated carbocycles. The molecule has 4 rings (SSSR count). The van der Waals surface area contributed by atoms with Gasteiger partial charge < -0.3 is 24.8 Å². The van der Waals surface area contributed by atoms with Gasteiger partial charge in [-0.2, -0.15) is 0 Å². The van der Waals surface area contributed by atoms with E-state index in [1.165, 1.54) is 24.0 Å². The summed E-state index contributed by atoms with van der Waals surface area (Å²) in [6.07, 6.45) is 5.76. The Morgan fingerprint density at radius 2 is 1.83 bits per heavy atom. The number of hydrogen-bond acceptors (Lipinski definition) is 5. The largest absolute Gasteiger partial charge is 0.493 e. The highest BCUT2D eigenvalue weighted by molar-refractivity contribution is 5.56. The van der Waals surface area contributed by atoms with E-state index in [1.807, 2.05) is 18.2 Å². The zero-order valence-corrected chi connectivity index (χ0v) is 18.2. The van der Waals surface area contributed by atoms with Gasteiger partial charge in [-0.15, -0.1) is 0 Å². The standard InChI is InChI=1S/C25H34N2O3/c1-28-22-9-8-20(17-24(22)29-2)18-10-13-27(14-11-18)15-12-19-5-4-16-30-23-7-3-6-21(26)25(19)23/h3,6-9,17-19H,4-5,10-16,26H2,1-2H3. The Labute approximate surface area is 180 Å². The number of piperidine rings is 1. The lowest BCUT2D eigenvalue weighted by Gasteiger charge is -2.33. The van der Waals surface area contributed by atoms with Crippen LogP contribution in [-0.4, -0.2) is 45.4 Å². The first-order valence-electron chi connectivity index (χ1n) is 11.1. The second-order valence-electron chi connectivity index (χ2n) is 8.47. The van der Waals surface area contributed by atoms with E-state index in [4.69, 9.17) is 19.9 Å². The third-order valence-electron chi connectivity index (χ3n) is 6.72. The van der Waals surface area contributed by atoms with Gasteiger partial charge >= 0.3 is 0 Å². The van der Waals surface area contributed by atoms with Crippen molar-refractivity contribution in [2.24, 2.45) is 0 Å². The number of fused-ring (bicyclic) bond motifs is 1. The maximum atomic E-state index is 6.32. The fraction of sp³-hybridized carbons (Fsp3) is 0.520. The van der Waals surface area contributed by atoms with Crippen LogP contribution >= 0.6 is 0 Å². The molecule has 1 fully saturated rings. The number of nitrogen functional groups attached to an aromatic ring is 1. The van der Waals surface area contributed by atoms with Gasteiger partial charge in [0.25, 0.3) is 0 Å². The van der Waals surface area contributed by atoms with Gasteiger partial charge in [-0.1, -0.05) is 12.1 Å². The minimum atomic E-state index is 0.493. The lowest BCUT2D eigenvalue weighted by molar-refractivity contribution is 0.204. The fourth-order valence-electron chi connectivity index (χ4n) is 5.00. The van der Waals surface area contributed by atoms with Crippen molar-refractivity contribution in [2.75, 3.05) is 46.2 Å². The molecule has 5 nitrogen and oxygen atoms in total. The molecule has 2 N–H and O–H groups in total. The van der Waals surface area contributed by atoms with Crippen LogP contribution < -0.4 is 19.9 Å². The molecule has 2 aliphatic heterocycles. The van der Waals surface area contributed by atoms with E-state index in [2.05, 4.69) is 23.1 Å². The van der Waals surface area contributed by atoms with Gasteiger partial charge in [-0.05, 0) is 93.4 Å². The first-order valence-corrected chi connectivity index (χ1v) is 11.1. The molecular weight excluding hydrogens is 376 g/mol. The number of hydrogen-bond donors (Lipinski definition) is 1. The molecule has 162 valence electrons. The van der Waals surface area contributed by atoms with Gasteiger partial charge in [0.05, 0.1) is 20.8 Å². The van der Waals surface area contributed by atoms with E-state index in [1.54, 1.807) is 14.2 Å².